The molecule has 0 radical (unpaired) electrons. The maximum atomic E-state index is 11.3. The zero-order valence-corrected chi connectivity index (χ0v) is 11.8. The molecule has 0 aliphatic carbocycles. The Kier molecular flexibility index (Phi) is 6.08. The average Bonchev–Trinajstić information content (AvgIpc) is 2.33. The van der Waals surface area contributed by atoms with Gasteiger partial charge in [-0.05, 0) is 31.2 Å². The first-order chi connectivity index (χ1) is 8.88. The summed E-state index contributed by atoms with van der Waals surface area (Å²) in [7, 11) is 0. The molecule has 0 aromatic carbocycles. The predicted octanol–water partition coefficient (Wildman–Crippen LogP) is 0.866. The molecule has 2 unspecified atom stereocenters. The van der Waals surface area contributed by atoms with Crippen LogP contribution in [0.25, 0.3) is 0 Å². The van der Waals surface area contributed by atoms with E-state index in [1.807, 2.05) is 0 Å². The number of nitrogens with two attached hydrogens (primary N) is 1. The van der Waals surface area contributed by atoms with Gasteiger partial charge < -0.3 is 21.1 Å². The fraction of sp³-hybridized carbons (Fsp3) is 0.846. The van der Waals surface area contributed by atoms with Gasteiger partial charge in [-0.25, -0.2) is 4.79 Å². The molecule has 1 fully saturated rings. The third-order valence-electron chi connectivity index (χ3n) is 3.43. The summed E-state index contributed by atoms with van der Waals surface area (Å²) in [6.07, 6.45) is 1.65. The Balaban J connectivity index is 2.52. The van der Waals surface area contributed by atoms with E-state index in [-0.39, 0.29) is 18.4 Å². The van der Waals surface area contributed by atoms with E-state index < -0.39 is 12.0 Å². The van der Waals surface area contributed by atoms with Crippen LogP contribution in [0.5, 0.6) is 0 Å². The molecule has 6 nitrogen and oxygen atoms in total. The molecule has 2 amide bonds. The van der Waals surface area contributed by atoms with E-state index in [1.54, 1.807) is 4.90 Å². The number of likely N-dealkylation sites (tertiary alicyclic amines) is 1. The van der Waals surface area contributed by atoms with E-state index in [4.69, 9.17) is 10.8 Å². The Bertz CT molecular complexity index is 320. The van der Waals surface area contributed by atoms with Gasteiger partial charge in [0, 0.05) is 25.6 Å². The number of hydrogen-bond acceptors (Lipinski definition) is 3. The van der Waals surface area contributed by atoms with Gasteiger partial charge in [-0.3, -0.25) is 4.79 Å². The summed E-state index contributed by atoms with van der Waals surface area (Å²) in [5.41, 5.74) is 5.35. The molecule has 1 aliphatic heterocycles. The molecule has 0 aromatic heterocycles. The number of rotatable bonds is 6. The molecule has 0 spiro atoms. The number of aliphatic carboxylic acids is 1. The largest absolute Gasteiger partial charge is 0.481 e. The molecule has 1 rings (SSSR count). The molecule has 0 saturated carbocycles. The molecule has 1 heterocycles. The van der Waals surface area contributed by atoms with Gasteiger partial charge in [0.25, 0.3) is 0 Å². The van der Waals surface area contributed by atoms with E-state index >= 15 is 0 Å². The maximum absolute atomic E-state index is 11.3. The molecule has 6 heteroatoms. The topological polar surface area (TPSA) is 95.7 Å². The number of carboxylic acids is 1. The van der Waals surface area contributed by atoms with Crippen LogP contribution in [0.15, 0.2) is 0 Å². The zero-order chi connectivity index (χ0) is 14.4. The first kappa shape index (κ1) is 15.8. The third kappa shape index (κ3) is 5.92. The second kappa shape index (κ2) is 7.33. The van der Waals surface area contributed by atoms with Crippen molar-refractivity contribution >= 4 is 12.0 Å². The Hall–Kier alpha value is -1.30. The lowest BCUT2D eigenvalue weighted by Gasteiger charge is -2.37. The smallest absolute Gasteiger partial charge is 0.314 e. The lowest BCUT2D eigenvalue weighted by Crippen LogP contribution is -2.53. The Morgan fingerprint density at radius 2 is 2.11 bits per heavy atom. The predicted molar refractivity (Wildman–Crippen MR) is 72.8 cm³/mol. The Labute approximate surface area is 114 Å². The summed E-state index contributed by atoms with van der Waals surface area (Å²) in [6, 6.07) is -0.209. The van der Waals surface area contributed by atoms with Gasteiger partial charge in [-0.15, -0.1) is 0 Å². The van der Waals surface area contributed by atoms with Crippen molar-refractivity contribution in [1.82, 2.24) is 10.2 Å². The molecule has 0 aromatic rings. The highest BCUT2D eigenvalue weighted by Crippen LogP contribution is 2.21. The maximum Gasteiger partial charge on any atom is 0.314 e. The summed E-state index contributed by atoms with van der Waals surface area (Å²) in [5.74, 6) is -0.0358. The number of primary amides is 1. The number of carbonyl (C=O) groups is 2. The molecule has 110 valence electrons. The molecule has 2 atom stereocenters. The lowest BCUT2D eigenvalue weighted by atomic mass is 9.90. The van der Waals surface area contributed by atoms with Crippen LogP contribution in [0, 0.1) is 11.8 Å². The second-order valence-electron chi connectivity index (χ2n) is 5.78. The van der Waals surface area contributed by atoms with E-state index in [9.17, 15) is 9.59 Å². The molecular weight excluding hydrogens is 246 g/mol. The number of nitrogens with zero attached hydrogens (tertiary/aromatic N) is 1. The molecule has 1 saturated heterocycles. The van der Waals surface area contributed by atoms with Crippen LogP contribution in [0.1, 0.15) is 33.1 Å². The average molecular weight is 271 g/mol. The van der Waals surface area contributed by atoms with Crippen molar-refractivity contribution in [3.8, 4) is 0 Å². The fourth-order valence-corrected chi connectivity index (χ4v) is 2.47. The number of carboxylic acid groups (broad SMARTS) is 1. The van der Waals surface area contributed by atoms with E-state index in [0.717, 1.165) is 13.0 Å². The molecule has 4 N–H and O–H groups in total. The highest BCUT2D eigenvalue weighted by Gasteiger charge is 2.29. The quantitative estimate of drug-likeness (QED) is 0.668. The van der Waals surface area contributed by atoms with Gasteiger partial charge in [-0.1, -0.05) is 13.8 Å². The number of hydrogen-bond donors (Lipinski definition) is 3. The van der Waals surface area contributed by atoms with Crippen LogP contribution >= 0.6 is 0 Å². The van der Waals surface area contributed by atoms with Crippen LogP contribution < -0.4 is 11.1 Å². The van der Waals surface area contributed by atoms with E-state index in [2.05, 4.69) is 19.2 Å². The fourth-order valence-electron chi connectivity index (χ4n) is 2.47. The first-order valence-corrected chi connectivity index (χ1v) is 6.88. The Morgan fingerprint density at radius 1 is 1.42 bits per heavy atom. The van der Waals surface area contributed by atoms with Crippen molar-refractivity contribution in [2.75, 3.05) is 19.6 Å². The van der Waals surface area contributed by atoms with Gasteiger partial charge in [0.1, 0.15) is 0 Å². The summed E-state index contributed by atoms with van der Waals surface area (Å²) in [4.78, 5) is 23.6. The second-order valence-corrected chi connectivity index (χ2v) is 5.78. The van der Waals surface area contributed by atoms with Gasteiger partial charge in [0.15, 0.2) is 0 Å². The van der Waals surface area contributed by atoms with Crippen LogP contribution in [-0.4, -0.2) is 47.7 Å². The molecular formula is C13H25N3O3. The third-order valence-corrected chi connectivity index (χ3v) is 3.43. The number of nitrogens with one attached hydrogen (secondary N) is 1. The van der Waals surface area contributed by atoms with Crippen molar-refractivity contribution in [2.24, 2.45) is 17.6 Å². The van der Waals surface area contributed by atoms with E-state index in [0.29, 0.717) is 25.4 Å². The van der Waals surface area contributed by atoms with E-state index in [1.165, 1.54) is 0 Å². The monoisotopic (exact) mass is 271 g/mol. The summed E-state index contributed by atoms with van der Waals surface area (Å²) < 4.78 is 0. The van der Waals surface area contributed by atoms with Crippen molar-refractivity contribution < 1.29 is 14.7 Å². The van der Waals surface area contributed by atoms with Gasteiger partial charge in [0.05, 0.1) is 0 Å². The normalized spacial score (nSPS) is 23.6. The van der Waals surface area contributed by atoms with Crippen LogP contribution in [-0.2, 0) is 4.79 Å². The zero-order valence-electron chi connectivity index (χ0n) is 11.8. The minimum atomic E-state index is -0.789. The molecule has 1 aliphatic rings. The molecule has 0 bridgehead atoms. The van der Waals surface area contributed by atoms with Gasteiger partial charge >= 0.3 is 12.0 Å². The highest BCUT2D eigenvalue weighted by molar-refractivity contribution is 5.72. The summed E-state index contributed by atoms with van der Waals surface area (Å²) in [5, 5.41) is 12.2. The number of amides is 2. The Morgan fingerprint density at radius 3 is 2.63 bits per heavy atom. The first-order valence-electron chi connectivity index (χ1n) is 6.88. The van der Waals surface area contributed by atoms with Gasteiger partial charge in [-0.2, -0.15) is 0 Å². The minimum absolute atomic E-state index is 0.147. The van der Waals surface area contributed by atoms with Crippen molar-refractivity contribution in [3.05, 3.63) is 0 Å². The summed E-state index contributed by atoms with van der Waals surface area (Å²) >= 11 is 0. The SMILES string of the molecule is CC(C)CNC1CC(CCC(=O)O)CN(C(N)=O)C1. The van der Waals surface area contributed by atoms with Crippen molar-refractivity contribution in [3.63, 3.8) is 0 Å². The molecule has 19 heavy (non-hydrogen) atoms. The van der Waals surface area contributed by atoms with Crippen molar-refractivity contribution in [1.29, 1.82) is 0 Å². The number of urea groups is 1. The lowest BCUT2D eigenvalue weighted by molar-refractivity contribution is -0.137. The standard InChI is InChI=1S/C13H25N3O3/c1-9(2)6-15-11-5-10(3-4-12(17)18)7-16(8-11)13(14)19/h9-11,15H,3-8H2,1-2H3,(H2,14,19)(H,17,18). The number of carbonyl (C=O) groups excluding carboxylic acids is 1. The van der Waals surface area contributed by atoms with Crippen LogP contribution in [0.3, 0.4) is 0 Å². The number of piperidine rings is 1. The van der Waals surface area contributed by atoms with Gasteiger partial charge in [0.2, 0.25) is 0 Å². The van der Waals surface area contributed by atoms with Crippen LogP contribution in [0.4, 0.5) is 4.79 Å². The highest BCUT2D eigenvalue weighted by atomic mass is 16.4. The minimum Gasteiger partial charge on any atom is -0.481 e. The summed E-state index contributed by atoms with van der Waals surface area (Å²) in [6.45, 7) is 6.34. The van der Waals surface area contributed by atoms with Crippen molar-refractivity contribution in [2.45, 2.75) is 39.2 Å². The van der Waals surface area contributed by atoms with Crippen LogP contribution in [0.2, 0.25) is 0 Å².